The van der Waals surface area contributed by atoms with Gasteiger partial charge in [-0.05, 0) is 12.1 Å². The summed E-state index contributed by atoms with van der Waals surface area (Å²) in [5.41, 5.74) is 0.551. The van der Waals surface area contributed by atoms with Crippen molar-refractivity contribution in [3.8, 4) is 0 Å². The highest BCUT2D eigenvalue weighted by Gasteiger charge is 2.26. The number of Topliss-reactive ketones (excluding diaryl/α,β-unsaturated/α-hetero) is 1. The Labute approximate surface area is 131 Å². The SMILES string of the molecule is O=C(c1ccccn1)C1CN(CCN2CCOCC2)CCN1. The second-order valence-electron chi connectivity index (χ2n) is 5.84. The topological polar surface area (TPSA) is 57.7 Å². The predicted octanol–water partition coefficient (Wildman–Crippen LogP) is -0.130. The fourth-order valence-electron chi connectivity index (χ4n) is 2.98. The number of rotatable bonds is 5. The van der Waals surface area contributed by atoms with Crippen LogP contribution in [0.4, 0.5) is 0 Å². The molecule has 0 saturated carbocycles. The van der Waals surface area contributed by atoms with Crippen LogP contribution < -0.4 is 5.32 Å². The number of ketones is 1. The Morgan fingerprint density at radius 1 is 1.23 bits per heavy atom. The maximum absolute atomic E-state index is 12.5. The van der Waals surface area contributed by atoms with Gasteiger partial charge in [-0.1, -0.05) is 6.07 Å². The van der Waals surface area contributed by atoms with E-state index in [1.54, 1.807) is 12.3 Å². The number of morpholine rings is 1. The lowest BCUT2D eigenvalue weighted by molar-refractivity contribution is 0.0318. The largest absolute Gasteiger partial charge is 0.379 e. The van der Waals surface area contributed by atoms with Gasteiger partial charge >= 0.3 is 0 Å². The number of piperazine rings is 1. The molecule has 0 radical (unpaired) electrons. The number of carbonyl (C=O) groups excluding carboxylic acids is 1. The number of hydrogen-bond donors (Lipinski definition) is 1. The number of hydrogen-bond acceptors (Lipinski definition) is 6. The monoisotopic (exact) mass is 304 g/mol. The van der Waals surface area contributed by atoms with Gasteiger partial charge in [-0.25, -0.2) is 0 Å². The van der Waals surface area contributed by atoms with E-state index < -0.39 is 0 Å². The molecule has 1 unspecified atom stereocenters. The summed E-state index contributed by atoms with van der Waals surface area (Å²) >= 11 is 0. The lowest BCUT2D eigenvalue weighted by atomic mass is 10.1. The van der Waals surface area contributed by atoms with Gasteiger partial charge in [0.1, 0.15) is 5.69 Å². The molecule has 2 fully saturated rings. The molecule has 0 aromatic carbocycles. The third-order valence-corrected chi connectivity index (χ3v) is 4.33. The Kier molecular flexibility index (Phi) is 5.50. The average molecular weight is 304 g/mol. The second kappa shape index (κ2) is 7.78. The van der Waals surface area contributed by atoms with Crippen molar-refractivity contribution < 1.29 is 9.53 Å². The maximum Gasteiger partial charge on any atom is 0.199 e. The van der Waals surface area contributed by atoms with E-state index in [2.05, 4.69) is 20.1 Å². The third kappa shape index (κ3) is 4.10. The average Bonchev–Trinajstić information content (AvgIpc) is 2.61. The molecule has 3 rings (SSSR count). The first kappa shape index (κ1) is 15.6. The number of carbonyl (C=O) groups is 1. The fourth-order valence-corrected chi connectivity index (χ4v) is 2.98. The van der Waals surface area contributed by atoms with Crippen molar-refractivity contribution in [3.63, 3.8) is 0 Å². The van der Waals surface area contributed by atoms with Crippen molar-refractivity contribution in [2.24, 2.45) is 0 Å². The van der Waals surface area contributed by atoms with Crippen molar-refractivity contribution in [2.75, 3.05) is 59.0 Å². The summed E-state index contributed by atoms with van der Waals surface area (Å²) in [6.07, 6.45) is 1.67. The molecule has 6 nitrogen and oxygen atoms in total. The first-order chi connectivity index (χ1) is 10.8. The summed E-state index contributed by atoms with van der Waals surface area (Å²) in [7, 11) is 0. The van der Waals surface area contributed by atoms with Crippen LogP contribution in [0.5, 0.6) is 0 Å². The lowest BCUT2D eigenvalue weighted by Gasteiger charge is -2.35. The minimum absolute atomic E-state index is 0.0941. The van der Waals surface area contributed by atoms with Crippen LogP contribution in [0, 0.1) is 0 Å². The van der Waals surface area contributed by atoms with Crippen molar-refractivity contribution in [1.82, 2.24) is 20.1 Å². The molecule has 2 aliphatic heterocycles. The van der Waals surface area contributed by atoms with Crippen LogP contribution >= 0.6 is 0 Å². The molecular weight excluding hydrogens is 280 g/mol. The number of pyridine rings is 1. The third-order valence-electron chi connectivity index (χ3n) is 4.33. The molecule has 1 aromatic heterocycles. The number of nitrogens with one attached hydrogen (secondary N) is 1. The van der Waals surface area contributed by atoms with Crippen LogP contribution in [-0.2, 0) is 4.74 Å². The molecule has 22 heavy (non-hydrogen) atoms. The molecule has 0 bridgehead atoms. The van der Waals surface area contributed by atoms with Crippen LogP contribution in [0.15, 0.2) is 24.4 Å². The van der Waals surface area contributed by atoms with E-state index in [1.165, 1.54) is 0 Å². The number of ether oxygens (including phenoxy) is 1. The Morgan fingerprint density at radius 3 is 2.82 bits per heavy atom. The quantitative estimate of drug-likeness (QED) is 0.765. The summed E-state index contributed by atoms with van der Waals surface area (Å²) in [6.45, 7) is 8.37. The lowest BCUT2D eigenvalue weighted by Crippen LogP contribution is -2.55. The number of nitrogens with zero attached hydrogens (tertiary/aromatic N) is 3. The van der Waals surface area contributed by atoms with Gasteiger partial charge < -0.3 is 10.1 Å². The summed E-state index contributed by atoms with van der Waals surface area (Å²) in [5.74, 6) is 0.0941. The first-order valence-electron chi connectivity index (χ1n) is 8.04. The summed E-state index contributed by atoms with van der Waals surface area (Å²) in [4.78, 5) is 21.4. The predicted molar refractivity (Wildman–Crippen MR) is 84.1 cm³/mol. The van der Waals surface area contributed by atoms with Crippen molar-refractivity contribution in [1.29, 1.82) is 0 Å². The van der Waals surface area contributed by atoms with Gasteiger partial charge in [0, 0.05) is 52.0 Å². The van der Waals surface area contributed by atoms with E-state index in [-0.39, 0.29) is 11.8 Å². The summed E-state index contributed by atoms with van der Waals surface area (Å²) < 4.78 is 5.37. The van der Waals surface area contributed by atoms with Crippen LogP contribution in [0.2, 0.25) is 0 Å². The molecule has 0 aliphatic carbocycles. The molecule has 2 saturated heterocycles. The Balaban J connectivity index is 1.49. The zero-order valence-electron chi connectivity index (χ0n) is 12.9. The molecular formula is C16H24N4O2. The van der Waals surface area contributed by atoms with Crippen molar-refractivity contribution >= 4 is 5.78 Å². The summed E-state index contributed by atoms with van der Waals surface area (Å²) in [5, 5.41) is 3.32. The highest BCUT2D eigenvalue weighted by Crippen LogP contribution is 2.06. The van der Waals surface area contributed by atoms with Gasteiger partial charge in [0.05, 0.1) is 19.3 Å². The highest BCUT2D eigenvalue weighted by molar-refractivity contribution is 5.98. The smallest absolute Gasteiger partial charge is 0.199 e. The van der Waals surface area contributed by atoms with Crippen molar-refractivity contribution in [3.05, 3.63) is 30.1 Å². The Hall–Kier alpha value is -1.34. The molecule has 120 valence electrons. The zero-order chi connectivity index (χ0) is 15.2. The summed E-state index contributed by atoms with van der Waals surface area (Å²) in [6, 6.07) is 5.34. The van der Waals surface area contributed by atoms with E-state index >= 15 is 0 Å². The van der Waals surface area contributed by atoms with Crippen LogP contribution in [0.3, 0.4) is 0 Å². The standard InChI is InChI=1S/C16H24N4O2/c21-16(14-3-1-2-4-17-14)15-13-20(6-5-18-15)8-7-19-9-11-22-12-10-19/h1-4,15,18H,5-13H2. The molecule has 1 N–H and O–H groups in total. The van der Waals surface area contributed by atoms with Gasteiger partial charge in [-0.3, -0.25) is 19.6 Å². The number of aromatic nitrogens is 1. The van der Waals surface area contributed by atoms with E-state index in [1.807, 2.05) is 12.1 Å². The zero-order valence-corrected chi connectivity index (χ0v) is 12.9. The van der Waals surface area contributed by atoms with Crippen LogP contribution in [0.1, 0.15) is 10.5 Å². The van der Waals surface area contributed by atoms with Crippen LogP contribution in [0.25, 0.3) is 0 Å². The van der Waals surface area contributed by atoms with Gasteiger partial charge in [-0.15, -0.1) is 0 Å². The van der Waals surface area contributed by atoms with Gasteiger partial charge in [0.15, 0.2) is 5.78 Å². The fraction of sp³-hybridized carbons (Fsp3) is 0.625. The molecule has 1 atom stereocenters. The van der Waals surface area contributed by atoms with Crippen molar-refractivity contribution in [2.45, 2.75) is 6.04 Å². The van der Waals surface area contributed by atoms with Gasteiger partial charge in [0.2, 0.25) is 0 Å². The van der Waals surface area contributed by atoms with Gasteiger partial charge in [0.25, 0.3) is 0 Å². The van der Waals surface area contributed by atoms with Gasteiger partial charge in [-0.2, -0.15) is 0 Å². The minimum atomic E-state index is -0.145. The normalized spacial score (nSPS) is 24.3. The van der Waals surface area contributed by atoms with E-state index in [0.29, 0.717) is 5.69 Å². The van der Waals surface area contributed by atoms with Crippen LogP contribution in [-0.4, -0.2) is 85.6 Å². The molecule has 0 amide bonds. The molecule has 0 spiro atoms. The molecule has 1 aromatic rings. The minimum Gasteiger partial charge on any atom is -0.379 e. The Morgan fingerprint density at radius 2 is 2.05 bits per heavy atom. The molecule has 6 heteroatoms. The second-order valence-corrected chi connectivity index (χ2v) is 5.84. The maximum atomic E-state index is 12.5. The van der Waals surface area contributed by atoms with E-state index in [4.69, 9.17) is 4.74 Å². The molecule has 2 aliphatic rings. The first-order valence-corrected chi connectivity index (χ1v) is 8.04. The highest BCUT2D eigenvalue weighted by atomic mass is 16.5. The van der Waals surface area contributed by atoms with E-state index in [9.17, 15) is 4.79 Å². The van der Waals surface area contributed by atoms with E-state index in [0.717, 1.165) is 59.0 Å². The molecule has 3 heterocycles. The Bertz CT molecular complexity index is 476.